The Hall–Kier alpha value is -1.32. The van der Waals surface area contributed by atoms with Gasteiger partial charge in [0.1, 0.15) is 0 Å². The minimum absolute atomic E-state index is 0.747. The molecule has 0 saturated heterocycles. The van der Waals surface area contributed by atoms with E-state index < -0.39 is 0 Å². The van der Waals surface area contributed by atoms with Crippen molar-refractivity contribution in [1.82, 2.24) is 0 Å². The van der Waals surface area contributed by atoms with Gasteiger partial charge in [0.05, 0.1) is 11.9 Å². The molecular formula is C12H11ClN2S. The van der Waals surface area contributed by atoms with E-state index in [-0.39, 0.29) is 0 Å². The molecule has 0 atom stereocenters. The summed E-state index contributed by atoms with van der Waals surface area (Å²) in [5, 5.41) is 6.90. The molecule has 0 aliphatic rings. The normalized spacial score (nSPS) is 10.9. The molecule has 2 aromatic rings. The molecule has 0 spiro atoms. The maximum Gasteiger partial charge on any atom is 0.0644 e. The number of hydrogen-bond donors (Lipinski definition) is 1. The van der Waals surface area contributed by atoms with Gasteiger partial charge in [-0.3, -0.25) is 5.43 Å². The molecule has 2 nitrogen and oxygen atoms in total. The van der Waals surface area contributed by atoms with Gasteiger partial charge in [0.15, 0.2) is 0 Å². The maximum absolute atomic E-state index is 6.00. The van der Waals surface area contributed by atoms with Gasteiger partial charge in [-0.05, 0) is 36.1 Å². The molecule has 0 fully saturated rings. The van der Waals surface area contributed by atoms with Crippen LogP contribution in [0.1, 0.15) is 10.4 Å². The molecule has 82 valence electrons. The van der Waals surface area contributed by atoms with E-state index in [9.17, 15) is 0 Å². The highest BCUT2D eigenvalue weighted by Crippen LogP contribution is 2.19. The lowest BCUT2D eigenvalue weighted by Gasteiger charge is -2.02. The van der Waals surface area contributed by atoms with Gasteiger partial charge in [0.2, 0.25) is 0 Å². The van der Waals surface area contributed by atoms with Crippen molar-refractivity contribution in [3.63, 3.8) is 0 Å². The van der Waals surface area contributed by atoms with E-state index in [1.54, 1.807) is 17.6 Å². The lowest BCUT2D eigenvalue weighted by Crippen LogP contribution is -1.89. The molecule has 0 aliphatic heterocycles. The monoisotopic (exact) mass is 250 g/mol. The van der Waals surface area contributed by atoms with Crippen molar-refractivity contribution in [3.05, 3.63) is 51.2 Å². The summed E-state index contributed by atoms with van der Waals surface area (Å²) in [6.07, 6.45) is 1.79. The molecule has 16 heavy (non-hydrogen) atoms. The van der Waals surface area contributed by atoms with Gasteiger partial charge in [-0.25, -0.2) is 0 Å². The predicted octanol–water partition coefficient (Wildman–Crippen LogP) is 4.16. The third-order valence-electron chi connectivity index (χ3n) is 2.10. The van der Waals surface area contributed by atoms with Gasteiger partial charge < -0.3 is 0 Å². The van der Waals surface area contributed by atoms with E-state index in [0.29, 0.717) is 0 Å². The summed E-state index contributed by atoms with van der Waals surface area (Å²) >= 11 is 7.65. The van der Waals surface area contributed by atoms with Gasteiger partial charge in [-0.1, -0.05) is 23.7 Å². The number of nitrogens with zero attached hydrogens (tertiary/aromatic N) is 1. The van der Waals surface area contributed by atoms with E-state index >= 15 is 0 Å². The average Bonchev–Trinajstić information content (AvgIpc) is 2.76. The highest BCUT2D eigenvalue weighted by molar-refractivity contribution is 7.11. The summed E-state index contributed by atoms with van der Waals surface area (Å²) in [6, 6.07) is 9.79. The van der Waals surface area contributed by atoms with E-state index in [1.165, 1.54) is 0 Å². The summed E-state index contributed by atoms with van der Waals surface area (Å²) in [5.41, 5.74) is 4.90. The second-order valence-corrected chi connectivity index (χ2v) is 4.74. The molecule has 0 amide bonds. The molecule has 0 unspecified atom stereocenters. The largest absolute Gasteiger partial charge is 0.278 e. The second-order valence-electron chi connectivity index (χ2n) is 3.35. The molecule has 1 N–H and O–H groups in total. The number of rotatable bonds is 3. The zero-order valence-corrected chi connectivity index (χ0v) is 10.3. The molecule has 0 aliphatic carbocycles. The molecule has 4 heteroatoms. The Balaban J connectivity index is 2.02. The van der Waals surface area contributed by atoms with Crippen LogP contribution in [-0.4, -0.2) is 6.21 Å². The molecule has 0 bridgehead atoms. The Morgan fingerprint density at radius 1 is 1.38 bits per heavy atom. The highest BCUT2D eigenvalue weighted by atomic mass is 35.5. The lowest BCUT2D eigenvalue weighted by molar-refractivity contribution is 1.34. The van der Waals surface area contributed by atoms with Gasteiger partial charge in [-0.2, -0.15) is 5.10 Å². The summed E-state index contributed by atoms with van der Waals surface area (Å²) in [5.74, 6) is 0. The third kappa shape index (κ3) is 2.84. The SMILES string of the molecule is Cc1ccc(N/N=C/c2cccs2)cc1Cl. The number of halogens is 1. The Morgan fingerprint density at radius 2 is 2.25 bits per heavy atom. The van der Waals surface area contributed by atoms with Crippen molar-refractivity contribution < 1.29 is 0 Å². The average molecular weight is 251 g/mol. The van der Waals surface area contributed by atoms with Gasteiger partial charge in [0.25, 0.3) is 0 Å². The molecule has 1 heterocycles. The van der Waals surface area contributed by atoms with Crippen molar-refractivity contribution in [2.24, 2.45) is 5.10 Å². The van der Waals surface area contributed by atoms with E-state index in [2.05, 4.69) is 10.5 Å². The molecule has 2 rings (SSSR count). The quantitative estimate of drug-likeness (QED) is 0.642. The number of anilines is 1. The van der Waals surface area contributed by atoms with Gasteiger partial charge in [0, 0.05) is 9.90 Å². The first-order valence-electron chi connectivity index (χ1n) is 4.84. The number of hydrazone groups is 1. The van der Waals surface area contributed by atoms with Crippen LogP contribution in [0.5, 0.6) is 0 Å². The predicted molar refractivity (Wildman–Crippen MR) is 71.7 cm³/mol. The van der Waals surface area contributed by atoms with Gasteiger partial charge in [-0.15, -0.1) is 11.3 Å². The molecule has 0 radical (unpaired) electrons. The van der Waals surface area contributed by atoms with Crippen LogP contribution >= 0.6 is 22.9 Å². The molecular weight excluding hydrogens is 240 g/mol. The van der Waals surface area contributed by atoms with Crippen LogP contribution in [0.3, 0.4) is 0 Å². The van der Waals surface area contributed by atoms with E-state index in [0.717, 1.165) is 21.2 Å². The maximum atomic E-state index is 6.00. The lowest BCUT2D eigenvalue weighted by atomic mass is 10.2. The van der Waals surface area contributed by atoms with E-state index in [1.807, 2.05) is 42.6 Å². The topological polar surface area (TPSA) is 24.4 Å². The minimum atomic E-state index is 0.747. The fourth-order valence-electron chi connectivity index (χ4n) is 1.20. The first-order valence-corrected chi connectivity index (χ1v) is 6.10. The van der Waals surface area contributed by atoms with Crippen molar-refractivity contribution in [3.8, 4) is 0 Å². The molecule has 1 aromatic carbocycles. The summed E-state index contributed by atoms with van der Waals surface area (Å²) in [6.45, 7) is 1.97. The summed E-state index contributed by atoms with van der Waals surface area (Å²) in [4.78, 5) is 1.12. The van der Waals surface area contributed by atoms with E-state index in [4.69, 9.17) is 11.6 Å². The first-order chi connectivity index (χ1) is 7.75. The molecule has 1 aromatic heterocycles. The zero-order chi connectivity index (χ0) is 11.4. The van der Waals surface area contributed by atoms with Crippen LogP contribution in [0.15, 0.2) is 40.8 Å². The van der Waals surface area contributed by atoms with Crippen LogP contribution < -0.4 is 5.43 Å². The Morgan fingerprint density at radius 3 is 2.94 bits per heavy atom. The zero-order valence-electron chi connectivity index (χ0n) is 8.77. The van der Waals surface area contributed by atoms with Crippen molar-refractivity contribution in [2.45, 2.75) is 6.92 Å². The fourth-order valence-corrected chi connectivity index (χ4v) is 1.96. The molecule has 0 saturated carbocycles. The smallest absolute Gasteiger partial charge is 0.0644 e. The summed E-state index contributed by atoms with van der Waals surface area (Å²) < 4.78 is 0. The van der Waals surface area contributed by atoms with Crippen molar-refractivity contribution >= 4 is 34.8 Å². The van der Waals surface area contributed by atoms with Crippen LogP contribution in [0, 0.1) is 6.92 Å². The fraction of sp³-hybridized carbons (Fsp3) is 0.0833. The highest BCUT2D eigenvalue weighted by Gasteiger charge is 1.95. The number of nitrogens with one attached hydrogen (secondary N) is 1. The van der Waals surface area contributed by atoms with Crippen LogP contribution in [0.2, 0.25) is 5.02 Å². The first kappa shape index (κ1) is 11.2. The number of aryl methyl sites for hydroxylation is 1. The Labute approximate surface area is 104 Å². The van der Waals surface area contributed by atoms with Crippen molar-refractivity contribution in [1.29, 1.82) is 0 Å². The van der Waals surface area contributed by atoms with Crippen molar-refractivity contribution in [2.75, 3.05) is 5.43 Å². The second kappa shape index (κ2) is 5.14. The number of benzene rings is 1. The Bertz CT molecular complexity index is 492. The number of hydrogen-bond acceptors (Lipinski definition) is 3. The standard InChI is InChI=1S/C12H11ClN2S/c1-9-4-5-10(7-12(9)13)15-14-8-11-3-2-6-16-11/h2-8,15H,1H3/b14-8+. The minimum Gasteiger partial charge on any atom is -0.278 e. The third-order valence-corrected chi connectivity index (χ3v) is 3.31. The van der Waals surface area contributed by atoms with Crippen LogP contribution in [0.4, 0.5) is 5.69 Å². The van der Waals surface area contributed by atoms with Crippen LogP contribution in [0.25, 0.3) is 0 Å². The Kier molecular flexibility index (Phi) is 3.59. The summed E-state index contributed by atoms with van der Waals surface area (Å²) in [7, 11) is 0. The number of thiophene rings is 1. The van der Waals surface area contributed by atoms with Gasteiger partial charge >= 0.3 is 0 Å². The van der Waals surface area contributed by atoms with Crippen LogP contribution in [-0.2, 0) is 0 Å².